The molecule has 3 aliphatic rings. The average Bonchev–Trinajstić information content (AvgIpc) is 3.18. The van der Waals surface area contributed by atoms with Crippen LogP contribution in [0.2, 0.25) is 0 Å². The summed E-state index contributed by atoms with van der Waals surface area (Å²) in [4.78, 5) is 13.3. The summed E-state index contributed by atoms with van der Waals surface area (Å²) in [6, 6.07) is 5.61. The van der Waals surface area contributed by atoms with E-state index in [0.717, 1.165) is 5.56 Å². The Morgan fingerprint density at radius 2 is 2.07 bits per heavy atom. The van der Waals surface area contributed by atoms with E-state index in [1.807, 2.05) is 25.1 Å². The Bertz CT molecular complexity index is 830. The number of aliphatic hydroxyl groups is 1. The van der Waals surface area contributed by atoms with Crippen molar-refractivity contribution < 1.29 is 28.8 Å². The third kappa shape index (κ3) is 2.11. The van der Waals surface area contributed by atoms with Gasteiger partial charge in [0, 0.05) is 18.4 Å². The van der Waals surface area contributed by atoms with Gasteiger partial charge in [-0.25, -0.2) is 0 Å². The zero-order valence-corrected chi connectivity index (χ0v) is 15.7. The molecule has 4 rings (SSSR count). The van der Waals surface area contributed by atoms with E-state index in [2.05, 4.69) is 6.58 Å². The van der Waals surface area contributed by atoms with Crippen LogP contribution >= 0.6 is 0 Å². The largest absolute Gasteiger partial charge is 0.493 e. The molecule has 0 spiro atoms. The van der Waals surface area contributed by atoms with Crippen LogP contribution in [0.1, 0.15) is 24.8 Å². The third-order valence-corrected chi connectivity index (χ3v) is 6.51. The molecule has 1 N–H and O–H groups in total. The third-order valence-electron chi connectivity index (χ3n) is 6.51. The number of ketones is 1. The number of rotatable bonds is 5. The minimum Gasteiger partial charge on any atom is -0.493 e. The number of allylic oxidation sites excluding steroid dienone is 1. The van der Waals surface area contributed by atoms with Gasteiger partial charge in [0.15, 0.2) is 22.9 Å². The smallest absolute Gasteiger partial charge is 0.232 e. The molecule has 1 saturated carbocycles. The molecule has 144 valence electrons. The van der Waals surface area contributed by atoms with Crippen LogP contribution in [0.3, 0.4) is 0 Å². The zero-order chi connectivity index (χ0) is 19.4. The highest BCUT2D eigenvalue weighted by Gasteiger charge is 2.72. The highest BCUT2D eigenvalue weighted by Crippen LogP contribution is 2.64. The van der Waals surface area contributed by atoms with E-state index in [1.54, 1.807) is 12.2 Å². The molecule has 0 aromatic heterocycles. The topological polar surface area (TPSA) is 74.2 Å². The van der Waals surface area contributed by atoms with Crippen molar-refractivity contribution in [3.63, 3.8) is 0 Å². The standard InChI is InChI=1S/C21H24O6/c1-5-8-20-10-16(24-3)18(22)21(25-4,19(20)23)17(12(20)2)13-6-7-14-15(9-13)27-11-26-14/h5-7,9-10,12,17,19,23H,1,8,11H2,2-4H3. The normalized spacial score (nSPS) is 36.5. The summed E-state index contributed by atoms with van der Waals surface area (Å²) in [6.45, 7) is 6.06. The first-order valence-corrected chi connectivity index (χ1v) is 9.01. The van der Waals surface area contributed by atoms with Gasteiger partial charge in [0.1, 0.15) is 6.10 Å². The van der Waals surface area contributed by atoms with Crippen LogP contribution in [-0.2, 0) is 14.3 Å². The van der Waals surface area contributed by atoms with E-state index in [-0.39, 0.29) is 30.2 Å². The van der Waals surface area contributed by atoms with Gasteiger partial charge >= 0.3 is 0 Å². The van der Waals surface area contributed by atoms with Gasteiger partial charge < -0.3 is 24.1 Å². The number of carbonyl (C=O) groups excluding carboxylic acids is 1. The predicted molar refractivity (Wildman–Crippen MR) is 97.6 cm³/mol. The molecule has 2 aliphatic carbocycles. The molecule has 1 fully saturated rings. The van der Waals surface area contributed by atoms with Crippen LogP contribution in [0.25, 0.3) is 0 Å². The second kappa shape index (κ2) is 6.11. The zero-order valence-electron chi connectivity index (χ0n) is 15.7. The summed E-state index contributed by atoms with van der Waals surface area (Å²) in [5, 5.41) is 11.4. The number of fused-ring (bicyclic) bond motifs is 3. The maximum Gasteiger partial charge on any atom is 0.232 e. The van der Waals surface area contributed by atoms with Crippen molar-refractivity contribution in [2.45, 2.75) is 31.0 Å². The molecule has 6 heteroatoms. The summed E-state index contributed by atoms with van der Waals surface area (Å²) in [6.07, 6.45) is 3.00. The lowest BCUT2D eigenvalue weighted by Gasteiger charge is -2.41. The quantitative estimate of drug-likeness (QED) is 0.801. The molecule has 0 amide bonds. The first-order valence-electron chi connectivity index (χ1n) is 9.01. The number of methoxy groups -OCH3 is 2. The Labute approximate surface area is 158 Å². The molecule has 0 radical (unpaired) electrons. The van der Waals surface area contributed by atoms with Crippen molar-refractivity contribution in [1.29, 1.82) is 0 Å². The van der Waals surface area contributed by atoms with E-state index < -0.39 is 17.1 Å². The average molecular weight is 372 g/mol. The number of aliphatic hydroxyl groups excluding tert-OH is 1. The van der Waals surface area contributed by atoms with E-state index in [0.29, 0.717) is 17.9 Å². The Hall–Kier alpha value is -2.31. The first kappa shape index (κ1) is 18.1. The first-order chi connectivity index (χ1) is 13.0. The van der Waals surface area contributed by atoms with E-state index >= 15 is 0 Å². The predicted octanol–water partition coefficient (Wildman–Crippen LogP) is 2.57. The SMILES string of the molecule is C=CCC12C=C(OC)C(=O)C(OC)(C(c3ccc4c(c3)OCO4)C1C)C2O. The van der Waals surface area contributed by atoms with Gasteiger partial charge in [0.05, 0.1) is 7.11 Å². The molecule has 2 bridgehead atoms. The fraction of sp³-hybridized carbons (Fsp3) is 0.476. The molecule has 0 saturated heterocycles. The van der Waals surface area contributed by atoms with Crippen LogP contribution in [-0.4, -0.2) is 43.6 Å². The van der Waals surface area contributed by atoms with Crippen LogP contribution in [0.4, 0.5) is 0 Å². The second-order valence-corrected chi connectivity index (χ2v) is 7.43. The van der Waals surface area contributed by atoms with Crippen LogP contribution in [0, 0.1) is 11.3 Å². The van der Waals surface area contributed by atoms with Crippen molar-refractivity contribution in [1.82, 2.24) is 0 Å². The van der Waals surface area contributed by atoms with Crippen molar-refractivity contribution in [3.05, 3.63) is 48.3 Å². The monoisotopic (exact) mass is 372 g/mol. The minimum atomic E-state index is -1.43. The molecule has 1 aromatic carbocycles. The van der Waals surface area contributed by atoms with Gasteiger partial charge in [-0.15, -0.1) is 6.58 Å². The molecule has 1 aliphatic heterocycles. The lowest BCUT2D eigenvalue weighted by molar-refractivity contribution is -0.162. The van der Waals surface area contributed by atoms with Gasteiger partial charge in [-0.05, 0) is 36.1 Å². The Kier molecular flexibility index (Phi) is 4.09. The fourth-order valence-electron chi connectivity index (χ4n) is 5.21. The van der Waals surface area contributed by atoms with Gasteiger partial charge in [0.2, 0.25) is 12.6 Å². The molecular formula is C21H24O6. The van der Waals surface area contributed by atoms with Gasteiger partial charge in [-0.2, -0.15) is 0 Å². The van der Waals surface area contributed by atoms with Crippen molar-refractivity contribution in [2.75, 3.05) is 21.0 Å². The number of hydrogen-bond donors (Lipinski definition) is 1. The maximum atomic E-state index is 13.3. The lowest BCUT2D eigenvalue weighted by atomic mass is 9.70. The van der Waals surface area contributed by atoms with E-state index in [9.17, 15) is 9.90 Å². The summed E-state index contributed by atoms with van der Waals surface area (Å²) in [5.74, 6) is 0.686. The molecular weight excluding hydrogens is 348 g/mol. The Morgan fingerprint density at radius 3 is 2.74 bits per heavy atom. The highest BCUT2D eigenvalue weighted by molar-refractivity contribution is 6.04. The van der Waals surface area contributed by atoms with Gasteiger partial charge in [-0.3, -0.25) is 4.79 Å². The molecule has 1 heterocycles. The minimum absolute atomic E-state index is 0.109. The molecule has 5 atom stereocenters. The van der Waals surface area contributed by atoms with E-state index in [4.69, 9.17) is 18.9 Å². The van der Waals surface area contributed by atoms with Crippen molar-refractivity contribution in [3.8, 4) is 11.5 Å². The summed E-state index contributed by atoms with van der Waals surface area (Å²) in [5.41, 5.74) is -1.29. The highest BCUT2D eigenvalue weighted by atomic mass is 16.7. The molecule has 1 aromatic rings. The summed E-state index contributed by atoms with van der Waals surface area (Å²) >= 11 is 0. The number of benzene rings is 1. The Morgan fingerprint density at radius 1 is 1.33 bits per heavy atom. The van der Waals surface area contributed by atoms with Gasteiger partial charge in [-0.1, -0.05) is 19.1 Å². The van der Waals surface area contributed by atoms with Crippen LogP contribution in [0.5, 0.6) is 11.5 Å². The number of ether oxygens (including phenoxy) is 4. The summed E-state index contributed by atoms with van der Waals surface area (Å²) < 4.78 is 22.1. The fourth-order valence-corrected chi connectivity index (χ4v) is 5.21. The lowest BCUT2D eigenvalue weighted by Crippen LogP contribution is -2.57. The van der Waals surface area contributed by atoms with Crippen molar-refractivity contribution in [2.24, 2.45) is 11.3 Å². The van der Waals surface area contributed by atoms with Crippen molar-refractivity contribution >= 4 is 5.78 Å². The molecule has 5 unspecified atom stereocenters. The number of Topliss-reactive ketones (excluding diaryl/α,β-unsaturated/α-hetero) is 1. The van der Waals surface area contributed by atoms with Gasteiger partial charge in [0.25, 0.3) is 0 Å². The molecule has 6 nitrogen and oxygen atoms in total. The van der Waals surface area contributed by atoms with Crippen LogP contribution in [0.15, 0.2) is 42.7 Å². The molecule has 27 heavy (non-hydrogen) atoms. The summed E-state index contributed by atoms with van der Waals surface area (Å²) in [7, 11) is 2.93. The Balaban J connectivity index is 1.93. The number of hydrogen-bond acceptors (Lipinski definition) is 6. The second-order valence-electron chi connectivity index (χ2n) is 7.43. The van der Waals surface area contributed by atoms with E-state index in [1.165, 1.54) is 14.2 Å². The van der Waals surface area contributed by atoms with Crippen LogP contribution < -0.4 is 9.47 Å². The number of carbonyl (C=O) groups is 1. The maximum absolute atomic E-state index is 13.3.